The summed E-state index contributed by atoms with van der Waals surface area (Å²) in [5.41, 5.74) is 7.98. The normalized spacial score (nSPS) is 19.3. The summed E-state index contributed by atoms with van der Waals surface area (Å²) in [4.78, 5) is 19.8. The van der Waals surface area contributed by atoms with Crippen LogP contribution in [0.15, 0.2) is 36.5 Å². The van der Waals surface area contributed by atoms with Gasteiger partial charge in [0.2, 0.25) is 0 Å². The Morgan fingerprint density at radius 3 is 2.89 bits per heavy atom. The first kappa shape index (κ1) is 17.1. The van der Waals surface area contributed by atoms with Crippen molar-refractivity contribution in [2.24, 2.45) is 5.73 Å². The number of para-hydroxylation sites is 1. The number of rotatable bonds is 5. The minimum absolute atomic E-state index is 0.0121. The molecular formula is C20H23N7O. The van der Waals surface area contributed by atoms with Crippen molar-refractivity contribution in [2.75, 3.05) is 18.0 Å². The lowest BCUT2D eigenvalue weighted by atomic mass is 10.1. The number of nitrogens with one attached hydrogen (secondary N) is 1. The molecule has 3 heterocycles. The number of fused-ring (bicyclic) bond motifs is 1. The van der Waals surface area contributed by atoms with Crippen molar-refractivity contribution < 1.29 is 4.79 Å². The number of nitrogens with two attached hydrogens (primary N) is 1. The second-order valence-electron chi connectivity index (χ2n) is 7.58. The van der Waals surface area contributed by atoms with Crippen LogP contribution < -0.4 is 16.0 Å². The van der Waals surface area contributed by atoms with Gasteiger partial charge in [0, 0.05) is 31.1 Å². The highest BCUT2D eigenvalue weighted by molar-refractivity contribution is 6.07. The molecule has 0 radical (unpaired) electrons. The van der Waals surface area contributed by atoms with Crippen LogP contribution in [0.3, 0.4) is 0 Å². The highest BCUT2D eigenvalue weighted by atomic mass is 16.1. The van der Waals surface area contributed by atoms with Gasteiger partial charge < -0.3 is 16.0 Å². The van der Waals surface area contributed by atoms with Crippen LogP contribution in [0, 0.1) is 0 Å². The Morgan fingerprint density at radius 2 is 2.11 bits per heavy atom. The van der Waals surface area contributed by atoms with Gasteiger partial charge in [-0.2, -0.15) is 0 Å². The Labute approximate surface area is 162 Å². The monoisotopic (exact) mass is 377 g/mol. The molecule has 0 bridgehead atoms. The van der Waals surface area contributed by atoms with Gasteiger partial charge in [-0.1, -0.05) is 23.4 Å². The Bertz CT molecular complexity index is 1030. The third-order valence-electron chi connectivity index (χ3n) is 5.49. The molecule has 3 N–H and O–H groups in total. The molecule has 0 spiro atoms. The van der Waals surface area contributed by atoms with Crippen LogP contribution in [0.1, 0.15) is 41.4 Å². The van der Waals surface area contributed by atoms with E-state index in [1.807, 2.05) is 41.2 Å². The van der Waals surface area contributed by atoms with Crippen molar-refractivity contribution in [2.45, 2.75) is 37.9 Å². The summed E-state index contributed by atoms with van der Waals surface area (Å²) in [5.74, 6) is 0.822. The van der Waals surface area contributed by atoms with Crippen LogP contribution in [0.5, 0.6) is 0 Å². The maximum absolute atomic E-state index is 12.8. The zero-order chi connectivity index (χ0) is 19.1. The number of benzene rings is 1. The van der Waals surface area contributed by atoms with Gasteiger partial charge in [0.05, 0.1) is 29.0 Å². The summed E-state index contributed by atoms with van der Waals surface area (Å²) in [7, 11) is 0. The van der Waals surface area contributed by atoms with E-state index in [4.69, 9.17) is 10.7 Å². The molecule has 3 aromatic rings. The number of anilines is 1. The number of amides is 1. The Morgan fingerprint density at radius 1 is 1.25 bits per heavy atom. The van der Waals surface area contributed by atoms with Gasteiger partial charge in [-0.3, -0.25) is 4.79 Å². The van der Waals surface area contributed by atoms with E-state index >= 15 is 0 Å². The van der Waals surface area contributed by atoms with Gasteiger partial charge in [0.25, 0.3) is 5.91 Å². The molecule has 8 nitrogen and oxygen atoms in total. The predicted molar refractivity (Wildman–Crippen MR) is 106 cm³/mol. The number of nitrogens with zero attached hydrogens (tertiary/aromatic N) is 5. The quantitative estimate of drug-likeness (QED) is 0.701. The van der Waals surface area contributed by atoms with Gasteiger partial charge in [0.1, 0.15) is 5.82 Å². The molecule has 1 aliphatic carbocycles. The van der Waals surface area contributed by atoms with Crippen LogP contribution in [0.25, 0.3) is 10.9 Å². The van der Waals surface area contributed by atoms with E-state index in [9.17, 15) is 4.79 Å². The molecule has 1 saturated carbocycles. The van der Waals surface area contributed by atoms with Crippen LogP contribution in [-0.2, 0) is 6.54 Å². The van der Waals surface area contributed by atoms with E-state index in [2.05, 4.69) is 20.5 Å². The number of carbonyl (C=O) groups excluding carboxylic acids is 1. The second kappa shape index (κ2) is 6.87. The Balaban J connectivity index is 1.44. The van der Waals surface area contributed by atoms with Crippen molar-refractivity contribution >= 4 is 22.6 Å². The molecule has 2 fully saturated rings. The Kier molecular flexibility index (Phi) is 4.20. The largest absolute Gasteiger partial charge is 0.354 e. The third kappa shape index (κ3) is 3.20. The average Bonchev–Trinajstić information content (AvgIpc) is 3.21. The maximum atomic E-state index is 12.8. The zero-order valence-corrected chi connectivity index (χ0v) is 15.6. The van der Waals surface area contributed by atoms with Crippen LogP contribution >= 0.6 is 0 Å². The lowest BCUT2D eigenvalue weighted by Crippen LogP contribution is -2.27. The second-order valence-corrected chi connectivity index (χ2v) is 7.58. The molecule has 2 aromatic heterocycles. The fourth-order valence-electron chi connectivity index (χ4n) is 3.75. The van der Waals surface area contributed by atoms with E-state index in [0.717, 1.165) is 54.8 Å². The summed E-state index contributed by atoms with van der Waals surface area (Å²) in [6.07, 6.45) is 5.00. The SMILES string of the molecule is NCc1cn(C2CCN(c3cc(C(=O)NC4CC4)c4ccccc4n3)C2)nn1. The smallest absolute Gasteiger partial charge is 0.252 e. The molecule has 5 rings (SSSR count). The summed E-state index contributed by atoms with van der Waals surface area (Å²) in [6.45, 7) is 2.03. The van der Waals surface area contributed by atoms with E-state index in [1.165, 1.54) is 0 Å². The van der Waals surface area contributed by atoms with Crippen molar-refractivity contribution in [3.63, 3.8) is 0 Å². The minimum Gasteiger partial charge on any atom is -0.354 e. The molecule has 1 saturated heterocycles. The lowest BCUT2D eigenvalue weighted by molar-refractivity contribution is 0.0952. The van der Waals surface area contributed by atoms with Crippen molar-refractivity contribution in [1.82, 2.24) is 25.3 Å². The Hall–Kier alpha value is -3.00. The number of aromatic nitrogens is 4. The summed E-state index contributed by atoms with van der Waals surface area (Å²) >= 11 is 0. The summed E-state index contributed by atoms with van der Waals surface area (Å²) in [6, 6.07) is 10.3. The molecule has 144 valence electrons. The van der Waals surface area contributed by atoms with Crippen LogP contribution in [0.4, 0.5) is 5.82 Å². The van der Waals surface area contributed by atoms with E-state index in [1.54, 1.807) is 0 Å². The fraction of sp³-hybridized carbons (Fsp3) is 0.400. The molecule has 1 aromatic carbocycles. The van der Waals surface area contributed by atoms with Crippen LogP contribution in [0.2, 0.25) is 0 Å². The maximum Gasteiger partial charge on any atom is 0.252 e. The van der Waals surface area contributed by atoms with Crippen LogP contribution in [-0.4, -0.2) is 45.0 Å². The number of hydrogen-bond donors (Lipinski definition) is 2. The van der Waals surface area contributed by atoms with Gasteiger partial charge in [-0.05, 0) is 31.4 Å². The number of pyridine rings is 1. The molecule has 8 heteroatoms. The van der Waals surface area contributed by atoms with Crippen molar-refractivity contribution in [3.05, 3.63) is 47.8 Å². The van der Waals surface area contributed by atoms with Crippen molar-refractivity contribution in [1.29, 1.82) is 0 Å². The molecule has 1 aliphatic heterocycles. The highest BCUT2D eigenvalue weighted by Crippen LogP contribution is 2.29. The van der Waals surface area contributed by atoms with Crippen molar-refractivity contribution in [3.8, 4) is 0 Å². The predicted octanol–water partition coefficient (Wildman–Crippen LogP) is 1.63. The topological polar surface area (TPSA) is 102 Å². The van der Waals surface area contributed by atoms with E-state index in [0.29, 0.717) is 18.2 Å². The minimum atomic E-state index is -0.0121. The van der Waals surface area contributed by atoms with Gasteiger partial charge in [-0.25, -0.2) is 9.67 Å². The molecule has 1 unspecified atom stereocenters. The summed E-state index contributed by atoms with van der Waals surface area (Å²) < 4.78 is 1.89. The molecule has 2 aliphatic rings. The molecular weight excluding hydrogens is 354 g/mol. The lowest BCUT2D eigenvalue weighted by Gasteiger charge is -2.19. The first-order valence-electron chi connectivity index (χ1n) is 9.77. The first-order valence-corrected chi connectivity index (χ1v) is 9.77. The fourth-order valence-corrected chi connectivity index (χ4v) is 3.75. The number of hydrogen-bond acceptors (Lipinski definition) is 6. The van der Waals surface area contributed by atoms with Gasteiger partial charge in [-0.15, -0.1) is 5.10 Å². The average molecular weight is 377 g/mol. The van der Waals surface area contributed by atoms with E-state index in [-0.39, 0.29) is 11.9 Å². The molecule has 1 amide bonds. The van der Waals surface area contributed by atoms with E-state index < -0.39 is 0 Å². The van der Waals surface area contributed by atoms with Gasteiger partial charge in [0.15, 0.2) is 0 Å². The van der Waals surface area contributed by atoms with Gasteiger partial charge >= 0.3 is 0 Å². The molecule has 1 atom stereocenters. The zero-order valence-electron chi connectivity index (χ0n) is 15.6. The number of carbonyl (C=O) groups is 1. The first-order chi connectivity index (χ1) is 13.7. The standard InChI is InChI=1S/C20H23N7O/c21-10-14-11-27(25-24-14)15-7-8-26(12-15)19-9-17(20(28)22-13-5-6-13)16-3-1-2-4-18(16)23-19/h1-4,9,11,13,15H,5-8,10,12,21H2,(H,22,28). The molecule has 28 heavy (non-hydrogen) atoms. The third-order valence-corrected chi connectivity index (χ3v) is 5.49. The summed E-state index contributed by atoms with van der Waals surface area (Å²) in [5, 5.41) is 12.3. The highest BCUT2D eigenvalue weighted by Gasteiger charge is 2.28.